The maximum absolute atomic E-state index is 12.6. The van der Waals surface area contributed by atoms with Gasteiger partial charge in [0.05, 0.1) is 18.7 Å². The van der Waals surface area contributed by atoms with Gasteiger partial charge in [-0.15, -0.1) is 11.3 Å². The quantitative estimate of drug-likeness (QED) is 0.483. The number of para-hydroxylation sites is 1. The van der Waals surface area contributed by atoms with Gasteiger partial charge in [-0.3, -0.25) is 9.48 Å². The number of nitrogens with zero attached hydrogens (tertiary/aromatic N) is 3. The van der Waals surface area contributed by atoms with Crippen molar-refractivity contribution >= 4 is 22.9 Å². The van der Waals surface area contributed by atoms with Gasteiger partial charge < -0.3 is 5.32 Å². The van der Waals surface area contributed by atoms with E-state index in [2.05, 4.69) is 46.6 Å². The second-order valence-electron chi connectivity index (χ2n) is 6.78. The highest BCUT2D eigenvalue weighted by Gasteiger charge is 2.11. The molecule has 6 heteroatoms. The van der Waals surface area contributed by atoms with Crippen LogP contribution in [0.5, 0.6) is 0 Å². The van der Waals surface area contributed by atoms with Crippen LogP contribution in [0.25, 0.3) is 10.6 Å². The molecule has 0 unspecified atom stereocenters. The number of thiazole rings is 1. The number of benzene rings is 2. The van der Waals surface area contributed by atoms with Crippen LogP contribution in [0.2, 0.25) is 0 Å². The van der Waals surface area contributed by atoms with Crippen LogP contribution in [-0.2, 0) is 24.2 Å². The van der Waals surface area contributed by atoms with Crippen LogP contribution in [0, 0.1) is 0 Å². The van der Waals surface area contributed by atoms with Gasteiger partial charge in [0, 0.05) is 29.0 Å². The van der Waals surface area contributed by atoms with Crippen molar-refractivity contribution in [3.63, 3.8) is 0 Å². The third kappa shape index (κ3) is 4.78. The van der Waals surface area contributed by atoms with Gasteiger partial charge in [-0.05, 0) is 29.7 Å². The van der Waals surface area contributed by atoms with Crippen molar-refractivity contribution in [2.24, 2.45) is 0 Å². The molecule has 2 aromatic heterocycles. The van der Waals surface area contributed by atoms with E-state index in [0.717, 1.165) is 33.9 Å². The van der Waals surface area contributed by atoms with E-state index in [-0.39, 0.29) is 12.3 Å². The summed E-state index contributed by atoms with van der Waals surface area (Å²) < 4.78 is 1.83. The van der Waals surface area contributed by atoms with Crippen LogP contribution < -0.4 is 5.32 Å². The minimum Gasteiger partial charge on any atom is -0.325 e. The predicted molar refractivity (Wildman–Crippen MR) is 117 cm³/mol. The lowest BCUT2D eigenvalue weighted by Crippen LogP contribution is -2.16. The van der Waals surface area contributed by atoms with Gasteiger partial charge in [-0.25, -0.2) is 4.98 Å². The number of carbonyl (C=O) groups is 1. The number of aryl methyl sites for hydroxylation is 1. The van der Waals surface area contributed by atoms with Crippen molar-refractivity contribution < 1.29 is 4.79 Å². The minimum absolute atomic E-state index is 0.0731. The standard InChI is InChI=1S/C23H22N4OS/c1-2-17-8-10-18(11-9-17)23-25-20(16-29-23)14-22(28)26-21-7-4-3-6-19(21)15-27-13-5-12-24-27/h3-13,16H,2,14-15H2,1H3,(H,26,28). The number of anilines is 1. The lowest BCUT2D eigenvalue weighted by Gasteiger charge is -2.11. The highest BCUT2D eigenvalue weighted by atomic mass is 32.1. The summed E-state index contributed by atoms with van der Waals surface area (Å²) in [6.07, 6.45) is 4.92. The maximum atomic E-state index is 12.6. The average molecular weight is 403 g/mol. The molecular weight excluding hydrogens is 380 g/mol. The Morgan fingerprint density at radius 1 is 1.10 bits per heavy atom. The van der Waals surface area contributed by atoms with E-state index in [1.807, 2.05) is 46.6 Å². The molecule has 0 saturated carbocycles. The van der Waals surface area contributed by atoms with Crippen LogP contribution in [0.15, 0.2) is 72.4 Å². The van der Waals surface area contributed by atoms with Crippen LogP contribution in [0.1, 0.15) is 23.7 Å². The first kappa shape index (κ1) is 19.1. The van der Waals surface area contributed by atoms with E-state index in [1.165, 1.54) is 5.56 Å². The molecule has 146 valence electrons. The van der Waals surface area contributed by atoms with Crippen molar-refractivity contribution in [1.82, 2.24) is 14.8 Å². The largest absolute Gasteiger partial charge is 0.325 e. The highest BCUT2D eigenvalue weighted by Crippen LogP contribution is 2.25. The summed E-state index contributed by atoms with van der Waals surface area (Å²) >= 11 is 1.57. The van der Waals surface area contributed by atoms with Crippen molar-refractivity contribution in [3.8, 4) is 10.6 Å². The first-order chi connectivity index (χ1) is 14.2. The molecule has 0 radical (unpaired) electrons. The van der Waals surface area contributed by atoms with Crippen molar-refractivity contribution in [1.29, 1.82) is 0 Å². The maximum Gasteiger partial charge on any atom is 0.230 e. The smallest absolute Gasteiger partial charge is 0.230 e. The van der Waals surface area contributed by atoms with E-state index >= 15 is 0 Å². The van der Waals surface area contributed by atoms with Crippen LogP contribution >= 0.6 is 11.3 Å². The topological polar surface area (TPSA) is 59.8 Å². The van der Waals surface area contributed by atoms with Gasteiger partial charge in [-0.1, -0.05) is 49.4 Å². The number of amides is 1. The molecule has 0 aliphatic carbocycles. The van der Waals surface area contributed by atoms with E-state index in [1.54, 1.807) is 17.5 Å². The normalized spacial score (nSPS) is 10.8. The fourth-order valence-electron chi connectivity index (χ4n) is 3.11. The van der Waals surface area contributed by atoms with Gasteiger partial charge >= 0.3 is 0 Å². The summed E-state index contributed by atoms with van der Waals surface area (Å²) in [6, 6.07) is 18.1. The van der Waals surface area contributed by atoms with Crippen LogP contribution in [-0.4, -0.2) is 20.7 Å². The second kappa shape index (κ2) is 8.84. The Hall–Kier alpha value is -3.25. The van der Waals surface area contributed by atoms with Gasteiger partial charge in [0.1, 0.15) is 5.01 Å². The lowest BCUT2D eigenvalue weighted by molar-refractivity contribution is -0.115. The summed E-state index contributed by atoms with van der Waals surface area (Å²) in [5.41, 5.74) is 4.99. The van der Waals surface area contributed by atoms with E-state index in [4.69, 9.17) is 0 Å². The van der Waals surface area contributed by atoms with Crippen molar-refractivity contribution in [3.05, 3.63) is 89.2 Å². The van der Waals surface area contributed by atoms with Crippen molar-refractivity contribution in [2.75, 3.05) is 5.32 Å². The summed E-state index contributed by atoms with van der Waals surface area (Å²) in [7, 11) is 0. The summed E-state index contributed by atoms with van der Waals surface area (Å²) in [5.74, 6) is -0.0731. The molecule has 0 saturated heterocycles. The number of rotatable bonds is 7. The second-order valence-corrected chi connectivity index (χ2v) is 7.64. The molecule has 2 heterocycles. The zero-order chi connectivity index (χ0) is 20.1. The first-order valence-corrected chi connectivity index (χ1v) is 10.5. The summed E-state index contributed by atoms with van der Waals surface area (Å²) in [5, 5.41) is 10.2. The molecule has 2 aromatic carbocycles. The summed E-state index contributed by atoms with van der Waals surface area (Å²) in [4.78, 5) is 17.2. The number of hydrogen-bond acceptors (Lipinski definition) is 4. The monoisotopic (exact) mass is 402 g/mol. The molecule has 4 rings (SSSR count). The Balaban J connectivity index is 1.42. The minimum atomic E-state index is -0.0731. The molecule has 4 aromatic rings. The molecule has 0 atom stereocenters. The predicted octanol–water partition coefficient (Wildman–Crippen LogP) is 4.80. The molecule has 0 fully saturated rings. The Morgan fingerprint density at radius 3 is 2.69 bits per heavy atom. The van der Waals surface area contributed by atoms with Gasteiger partial charge in [-0.2, -0.15) is 5.10 Å². The fraction of sp³-hybridized carbons (Fsp3) is 0.174. The SMILES string of the molecule is CCc1ccc(-c2nc(CC(=O)Nc3ccccc3Cn3cccn3)cs2)cc1. The molecule has 1 amide bonds. The highest BCUT2D eigenvalue weighted by molar-refractivity contribution is 7.13. The Labute approximate surface area is 174 Å². The molecule has 29 heavy (non-hydrogen) atoms. The first-order valence-electron chi connectivity index (χ1n) is 9.60. The summed E-state index contributed by atoms with van der Waals surface area (Å²) in [6.45, 7) is 2.75. The molecule has 0 spiro atoms. The zero-order valence-electron chi connectivity index (χ0n) is 16.2. The lowest BCUT2D eigenvalue weighted by atomic mass is 10.1. The Kier molecular flexibility index (Phi) is 5.81. The average Bonchev–Trinajstić information content (AvgIpc) is 3.42. The van der Waals surface area contributed by atoms with Gasteiger partial charge in [0.25, 0.3) is 0 Å². The van der Waals surface area contributed by atoms with Crippen LogP contribution in [0.4, 0.5) is 5.69 Å². The molecule has 0 aliphatic rings. The molecular formula is C23H22N4OS. The third-order valence-corrected chi connectivity index (χ3v) is 5.63. The van der Waals surface area contributed by atoms with Gasteiger partial charge in [0.15, 0.2) is 0 Å². The molecule has 0 aliphatic heterocycles. The molecule has 5 nitrogen and oxygen atoms in total. The van der Waals surface area contributed by atoms with E-state index < -0.39 is 0 Å². The zero-order valence-corrected chi connectivity index (χ0v) is 17.0. The van der Waals surface area contributed by atoms with E-state index in [0.29, 0.717) is 6.54 Å². The third-order valence-electron chi connectivity index (χ3n) is 4.69. The Bertz CT molecular complexity index is 1080. The van der Waals surface area contributed by atoms with Crippen LogP contribution in [0.3, 0.4) is 0 Å². The number of nitrogens with one attached hydrogen (secondary N) is 1. The Morgan fingerprint density at radius 2 is 1.93 bits per heavy atom. The number of carbonyl (C=O) groups excluding carboxylic acids is 1. The molecule has 1 N–H and O–H groups in total. The van der Waals surface area contributed by atoms with Gasteiger partial charge in [0.2, 0.25) is 5.91 Å². The number of aromatic nitrogens is 3. The molecule has 0 bridgehead atoms. The van der Waals surface area contributed by atoms with E-state index in [9.17, 15) is 4.79 Å². The fourth-order valence-corrected chi connectivity index (χ4v) is 3.94. The van der Waals surface area contributed by atoms with Crippen molar-refractivity contribution in [2.45, 2.75) is 26.3 Å². The number of hydrogen-bond donors (Lipinski definition) is 1.